The molecule has 0 aromatic carbocycles. The van der Waals surface area contributed by atoms with Crippen LogP contribution in [0.25, 0.3) is 0 Å². The van der Waals surface area contributed by atoms with Gasteiger partial charge in [0.05, 0.1) is 6.61 Å². The normalized spacial score (nSPS) is 36.0. The highest BCUT2D eigenvalue weighted by Gasteiger charge is 2.43. The Morgan fingerprint density at radius 2 is 2.00 bits per heavy atom. The van der Waals surface area contributed by atoms with Gasteiger partial charge in [-0.05, 0) is 38.8 Å². The quantitative estimate of drug-likeness (QED) is 0.731. The molecule has 1 aliphatic carbocycles. The summed E-state index contributed by atoms with van der Waals surface area (Å²) in [5, 5.41) is 3.35. The zero-order valence-electron chi connectivity index (χ0n) is 9.65. The summed E-state index contributed by atoms with van der Waals surface area (Å²) in [5.41, 5.74) is 0. The van der Waals surface area contributed by atoms with Crippen molar-refractivity contribution in [1.29, 1.82) is 0 Å². The van der Waals surface area contributed by atoms with Crippen molar-refractivity contribution >= 4 is 6.09 Å². The summed E-state index contributed by atoms with van der Waals surface area (Å²) in [4.78, 5) is 14.0. The number of amides is 1. The molecule has 2 atom stereocenters. The van der Waals surface area contributed by atoms with Crippen LogP contribution in [0.3, 0.4) is 0 Å². The van der Waals surface area contributed by atoms with Crippen molar-refractivity contribution < 1.29 is 9.53 Å². The molecule has 0 aromatic heterocycles. The van der Waals surface area contributed by atoms with Gasteiger partial charge in [0.2, 0.25) is 0 Å². The third-order valence-corrected chi connectivity index (χ3v) is 4.31. The molecule has 1 saturated carbocycles. The summed E-state index contributed by atoms with van der Waals surface area (Å²) < 4.78 is 5.32. The van der Waals surface area contributed by atoms with Crippen LogP contribution in [0.1, 0.15) is 32.1 Å². The molecule has 0 radical (unpaired) electrons. The molecular weight excluding hydrogens is 204 g/mol. The van der Waals surface area contributed by atoms with Crippen molar-refractivity contribution in [3.05, 3.63) is 0 Å². The second-order valence-electron chi connectivity index (χ2n) is 5.22. The largest absolute Gasteiger partial charge is 0.449 e. The minimum atomic E-state index is -0.0601. The zero-order chi connectivity index (χ0) is 11.0. The van der Waals surface area contributed by atoms with E-state index in [1.165, 1.54) is 19.3 Å². The van der Waals surface area contributed by atoms with E-state index in [-0.39, 0.29) is 6.09 Å². The maximum Gasteiger partial charge on any atom is 0.410 e. The van der Waals surface area contributed by atoms with Crippen molar-refractivity contribution in [2.45, 2.75) is 44.2 Å². The van der Waals surface area contributed by atoms with E-state index in [0.717, 1.165) is 25.9 Å². The van der Waals surface area contributed by atoms with Crippen LogP contribution in [-0.2, 0) is 4.74 Å². The Labute approximate surface area is 96.3 Å². The molecular formula is C12H20N2O2. The van der Waals surface area contributed by atoms with E-state index < -0.39 is 0 Å². The summed E-state index contributed by atoms with van der Waals surface area (Å²) in [7, 11) is 0. The highest BCUT2D eigenvalue weighted by atomic mass is 16.6. The van der Waals surface area contributed by atoms with Gasteiger partial charge in [-0.25, -0.2) is 4.79 Å². The van der Waals surface area contributed by atoms with Crippen LogP contribution in [-0.4, -0.2) is 42.8 Å². The van der Waals surface area contributed by atoms with E-state index in [1.54, 1.807) is 0 Å². The Kier molecular flexibility index (Phi) is 2.75. The molecule has 2 saturated heterocycles. The minimum Gasteiger partial charge on any atom is -0.449 e. The molecule has 1 amide bonds. The molecule has 2 aliphatic heterocycles. The molecule has 0 aromatic rings. The van der Waals surface area contributed by atoms with Crippen LogP contribution in [0.5, 0.6) is 0 Å². The third-order valence-electron chi connectivity index (χ3n) is 4.31. The van der Waals surface area contributed by atoms with Crippen LogP contribution in [0, 0.1) is 5.92 Å². The van der Waals surface area contributed by atoms with Crippen molar-refractivity contribution in [1.82, 2.24) is 10.2 Å². The number of nitrogens with one attached hydrogen (secondary N) is 1. The Morgan fingerprint density at radius 3 is 2.81 bits per heavy atom. The van der Waals surface area contributed by atoms with E-state index in [2.05, 4.69) is 10.2 Å². The highest BCUT2D eigenvalue weighted by molar-refractivity contribution is 5.69. The lowest BCUT2D eigenvalue weighted by Crippen LogP contribution is -2.55. The van der Waals surface area contributed by atoms with Crippen molar-refractivity contribution in [3.63, 3.8) is 0 Å². The first kappa shape index (κ1) is 10.4. The second kappa shape index (κ2) is 4.24. The maximum atomic E-state index is 11.9. The average molecular weight is 224 g/mol. The molecule has 3 rings (SSSR count). The van der Waals surface area contributed by atoms with Gasteiger partial charge < -0.3 is 15.0 Å². The van der Waals surface area contributed by atoms with Gasteiger partial charge in [-0.15, -0.1) is 0 Å². The lowest BCUT2D eigenvalue weighted by Gasteiger charge is -2.43. The van der Waals surface area contributed by atoms with Crippen molar-refractivity contribution in [2.24, 2.45) is 5.92 Å². The van der Waals surface area contributed by atoms with Gasteiger partial charge in [0.25, 0.3) is 0 Å². The maximum absolute atomic E-state index is 11.9. The lowest BCUT2D eigenvalue weighted by atomic mass is 9.96. The number of piperidine rings is 1. The first-order valence-electron chi connectivity index (χ1n) is 6.52. The van der Waals surface area contributed by atoms with Crippen molar-refractivity contribution in [2.75, 3.05) is 19.7 Å². The third kappa shape index (κ3) is 1.69. The molecule has 16 heavy (non-hydrogen) atoms. The zero-order valence-corrected chi connectivity index (χ0v) is 9.65. The summed E-state index contributed by atoms with van der Waals surface area (Å²) in [6.45, 7) is 2.72. The van der Waals surface area contributed by atoms with Crippen LogP contribution >= 0.6 is 0 Å². The van der Waals surface area contributed by atoms with E-state index in [9.17, 15) is 4.79 Å². The summed E-state index contributed by atoms with van der Waals surface area (Å²) in [6, 6.07) is 0.893. The second-order valence-corrected chi connectivity index (χ2v) is 5.22. The highest BCUT2D eigenvalue weighted by Crippen LogP contribution is 2.36. The number of hydrogen-bond acceptors (Lipinski definition) is 3. The molecule has 3 fully saturated rings. The van der Waals surface area contributed by atoms with Crippen LogP contribution in [0.15, 0.2) is 0 Å². The number of nitrogens with zero attached hydrogens (tertiary/aromatic N) is 1. The van der Waals surface area contributed by atoms with E-state index >= 15 is 0 Å². The molecule has 1 N–H and O–H groups in total. The topological polar surface area (TPSA) is 41.6 Å². The predicted molar refractivity (Wildman–Crippen MR) is 60.2 cm³/mol. The van der Waals surface area contributed by atoms with Crippen LogP contribution < -0.4 is 5.32 Å². The van der Waals surface area contributed by atoms with E-state index in [1.807, 2.05) is 0 Å². The van der Waals surface area contributed by atoms with Crippen LogP contribution in [0.4, 0.5) is 4.79 Å². The monoisotopic (exact) mass is 224 g/mol. The Morgan fingerprint density at radius 1 is 1.19 bits per heavy atom. The van der Waals surface area contributed by atoms with Crippen molar-refractivity contribution in [3.8, 4) is 0 Å². The van der Waals surface area contributed by atoms with Gasteiger partial charge in [0.1, 0.15) is 0 Å². The fourth-order valence-electron chi connectivity index (χ4n) is 3.47. The number of cyclic esters (lactones) is 1. The van der Waals surface area contributed by atoms with Gasteiger partial charge in [0.15, 0.2) is 0 Å². The van der Waals surface area contributed by atoms with E-state index in [4.69, 9.17) is 4.74 Å². The molecule has 4 nitrogen and oxygen atoms in total. The van der Waals surface area contributed by atoms with E-state index in [0.29, 0.717) is 24.6 Å². The molecule has 2 unspecified atom stereocenters. The van der Waals surface area contributed by atoms with Gasteiger partial charge in [-0.2, -0.15) is 0 Å². The Balaban J connectivity index is 1.76. The Hall–Kier alpha value is -0.770. The molecule has 2 heterocycles. The molecule has 0 bridgehead atoms. The summed E-state index contributed by atoms with van der Waals surface area (Å²) in [6.07, 6.45) is 5.78. The molecule has 0 spiro atoms. The molecule has 3 aliphatic rings. The average Bonchev–Trinajstić information content (AvgIpc) is 2.78. The first-order chi connectivity index (χ1) is 7.86. The lowest BCUT2D eigenvalue weighted by molar-refractivity contribution is -0.00558. The molecule has 90 valence electrons. The Bertz CT molecular complexity index is 276. The number of carbonyl (C=O) groups is 1. The SMILES string of the molecule is O=C1OCC2CCCC2N1C1CCNCC1. The number of hydrogen-bond donors (Lipinski definition) is 1. The van der Waals surface area contributed by atoms with Crippen LogP contribution in [0.2, 0.25) is 0 Å². The summed E-state index contributed by atoms with van der Waals surface area (Å²) in [5.74, 6) is 0.604. The smallest absolute Gasteiger partial charge is 0.410 e. The number of fused-ring (bicyclic) bond motifs is 1. The van der Waals surface area contributed by atoms with Gasteiger partial charge in [-0.1, -0.05) is 6.42 Å². The standard InChI is InChI=1S/C12H20N2O2/c15-12-14(10-4-6-13-7-5-10)11-3-1-2-9(11)8-16-12/h9-11,13H,1-8H2. The predicted octanol–water partition coefficient (Wildman–Crippen LogP) is 1.36. The van der Waals surface area contributed by atoms with Gasteiger partial charge in [0, 0.05) is 18.0 Å². The number of ether oxygens (including phenoxy) is 1. The van der Waals surface area contributed by atoms with Gasteiger partial charge >= 0.3 is 6.09 Å². The number of carbonyl (C=O) groups excluding carboxylic acids is 1. The number of rotatable bonds is 1. The van der Waals surface area contributed by atoms with Gasteiger partial charge in [-0.3, -0.25) is 0 Å². The summed E-state index contributed by atoms with van der Waals surface area (Å²) >= 11 is 0. The fourth-order valence-corrected chi connectivity index (χ4v) is 3.47. The first-order valence-corrected chi connectivity index (χ1v) is 6.52. The minimum absolute atomic E-state index is 0.0601. The fraction of sp³-hybridized carbons (Fsp3) is 0.917. The molecule has 4 heteroatoms.